The maximum Gasteiger partial charge on any atom is 0.130 e. The number of hydrogen-bond donors (Lipinski definition) is 3. The average molecular weight is 232 g/mol. The van der Waals surface area contributed by atoms with Gasteiger partial charge in [-0.2, -0.15) is 0 Å². The minimum atomic E-state index is -0.470. The van der Waals surface area contributed by atoms with Crippen LogP contribution in [0.15, 0.2) is 30.3 Å². The Morgan fingerprint density at radius 2 is 1.87 bits per heavy atom. The van der Waals surface area contributed by atoms with Crippen molar-refractivity contribution >= 4 is 0 Å². The predicted molar refractivity (Wildman–Crippen MR) is 54.7 cm³/mol. The first-order valence-corrected chi connectivity index (χ1v) is 4.93. The topological polar surface area (TPSA) is 57.1 Å². The van der Waals surface area contributed by atoms with Gasteiger partial charge in [-0.25, -0.2) is 0 Å². The fraction of sp³-hybridized carbons (Fsp3) is 0.455. The Kier molecular flexibility index (Phi) is 7.34. The zero-order valence-corrected chi connectivity index (χ0v) is 9.56. The Labute approximate surface area is 96.5 Å². The highest BCUT2D eigenvalue weighted by atomic mass is 35.5. The molecule has 2 atom stereocenters. The van der Waals surface area contributed by atoms with Crippen LogP contribution in [0, 0.1) is 0 Å². The quantitative estimate of drug-likeness (QED) is 0.497. The van der Waals surface area contributed by atoms with Gasteiger partial charge in [0.05, 0.1) is 13.2 Å². The summed E-state index contributed by atoms with van der Waals surface area (Å²) in [6.07, 6.45) is -0.470. The zero-order valence-electron chi connectivity index (χ0n) is 8.81. The van der Waals surface area contributed by atoms with Crippen molar-refractivity contribution < 1.29 is 27.9 Å². The highest BCUT2D eigenvalue weighted by molar-refractivity contribution is 5.17. The van der Waals surface area contributed by atoms with E-state index in [1.54, 1.807) is 0 Å². The smallest absolute Gasteiger partial charge is 0.130 e. The van der Waals surface area contributed by atoms with Gasteiger partial charge in [0.15, 0.2) is 0 Å². The molecule has 0 fully saturated rings. The molecule has 0 aliphatic rings. The molecule has 1 aromatic carbocycles. The van der Waals surface area contributed by atoms with Gasteiger partial charge in [-0.3, -0.25) is 0 Å². The van der Waals surface area contributed by atoms with E-state index in [1.165, 1.54) is 0 Å². The van der Waals surface area contributed by atoms with Gasteiger partial charge >= 0.3 is 0 Å². The molecular weight excluding hydrogens is 214 g/mol. The first-order chi connectivity index (χ1) is 6.75. The highest BCUT2D eigenvalue weighted by Gasteiger charge is 2.17. The molecule has 4 N–H and O–H groups in total. The van der Waals surface area contributed by atoms with E-state index in [9.17, 15) is 5.11 Å². The summed E-state index contributed by atoms with van der Waals surface area (Å²) >= 11 is 0. The summed E-state index contributed by atoms with van der Waals surface area (Å²) in [5.74, 6) is 0. The van der Waals surface area contributed by atoms with E-state index in [0.29, 0.717) is 6.54 Å². The van der Waals surface area contributed by atoms with Crippen LogP contribution in [0.5, 0.6) is 0 Å². The fourth-order valence-electron chi connectivity index (χ4n) is 1.42. The molecule has 0 aliphatic carbocycles. The van der Waals surface area contributed by atoms with Crippen LogP contribution in [0.1, 0.15) is 18.6 Å². The zero-order chi connectivity index (χ0) is 10.4. The summed E-state index contributed by atoms with van der Waals surface area (Å²) in [7, 11) is 0. The van der Waals surface area contributed by atoms with Crippen LogP contribution in [0.4, 0.5) is 0 Å². The van der Waals surface area contributed by atoms with Gasteiger partial charge in [-0.15, -0.1) is 0 Å². The summed E-state index contributed by atoms with van der Waals surface area (Å²) in [4.78, 5) is 0. The number of aliphatic hydroxyl groups is 2. The third-order valence-electron chi connectivity index (χ3n) is 2.31. The Morgan fingerprint density at radius 1 is 1.27 bits per heavy atom. The molecule has 86 valence electrons. The fourth-order valence-corrected chi connectivity index (χ4v) is 1.42. The first-order valence-electron chi connectivity index (χ1n) is 4.93. The minimum Gasteiger partial charge on any atom is -1.00 e. The largest absolute Gasteiger partial charge is 1.00 e. The van der Waals surface area contributed by atoms with Crippen LogP contribution in [0.3, 0.4) is 0 Å². The second-order valence-electron chi connectivity index (χ2n) is 3.46. The molecule has 0 aliphatic heterocycles. The number of halogens is 1. The Balaban J connectivity index is 0.00000196. The van der Waals surface area contributed by atoms with Crippen molar-refractivity contribution in [3.05, 3.63) is 35.9 Å². The van der Waals surface area contributed by atoms with Crippen LogP contribution in [-0.4, -0.2) is 29.4 Å². The molecule has 0 bridgehead atoms. The summed E-state index contributed by atoms with van der Waals surface area (Å²) < 4.78 is 0. The second-order valence-corrected chi connectivity index (χ2v) is 3.46. The van der Waals surface area contributed by atoms with Crippen molar-refractivity contribution in [2.75, 3.05) is 13.2 Å². The van der Waals surface area contributed by atoms with Gasteiger partial charge in [0.25, 0.3) is 0 Å². The molecule has 1 rings (SSSR count). The standard InChI is InChI=1S/C11H17NO2.ClH/c1-9(12-7-8-13)11(14)10-5-3-2-4-6-10;/h2-6,9,11-14H,7-8H2,1H3;1H. The maximum absolute atomic E-state index is 9.90. The van der Waals surface area contributed by atoms with Crippen LogP contribution >= 0.6 is 0 Å². The molecule has 0 saturated heterocycles. The molecule has 4 heteroatoms. The van der Waals surface area contributed by atoms with Crippen molar-refractivity contribution in [3.63, 3.8) is 0 Å². The molecule has 0 aromatic heterocycles. The lowest BCUT2D eigenvalue weighted by Crippen LogP contribution is -3.00. The lowest BCUT2D eigenvalue weighted by Gasteiger charge is -2.17. The highest BCUT2D eigenvalue weighted by Crippen LogP contribution is 2.13. The summed E-state index contributed by atoms with van der Waals surface area (Å²) in [5.41, 5.74) is 0.925. The molecule has 0 radical (unpaired) electrons. The Morgan fingerprint density at radius 3 is 2.40 bits per heavy atom. The van der Waals surface area contributed by atoms with Crippen molar-refractivity contribution in [1.82, 2.24) is 0 Å². The number of quaternary nitrogens is 1. The second kappa shape index (κ2) is 7.65. The van der Waals surface area contributed by atoms with E-state index in [0.717, 1.165) is 5.56 Å². The van der Waals surface area contributed by atoms with Crippen molar-refractivity contribution in [3.8, 4) is 0 Å². The molecule has 0 amide bonds. The van der Waals surface area contributed by atoms with Gasteiger partial charge in [0, 0.05) is 0 Å². The normalized spacial score (nSPS) is 14.1. The van der Waals surface area contributed by atoms with Gasteiger partial charge in [0.2, 0.25) is 0 Å². The van der Waals surface area contributed by atoms with Crippen molar-refractivity contribution in [1.29, 1.82) is 0 Å². The maximum atomic E-state index is 9.90. The summed E-state index contributed by atoms with van der Waals surface area (Å²) in [5, 5.41) is 20.5. The van der Waals surface area contributed by atoms with Crippen molar-refractivity contribution in [2.45, 2.75) is 19.1 Å². The third kappa shape index (κ3) is 4.62. The summed E-state index contributed by atoms with van der Waals surface area (Å²) in [6.45, 7) is 2.73. The molecule has 0 spiro atoms. The molecule has 1 aromatic rings. The van der Waals surface area contributed by atoms with Crippen LogP contribution in [0.25, 0.3) is 0 Å². The molecule has 3 nitrogen and oxygen atoms in total. The van der Waals surface area contributed by atoms with Crippen LogP contribution in [-0.2, 0) is 0 Å². The number of hydrogen-bond acceptors (Lipinski definition) is 2. The SMILES string of the molecule is CC([NH2+]CCO)C(O)c1ccccc1.[Cl-]. The van der Waals surface area contributed by atoms with E-state index in [1.807, 2.05) is 42.6 Å². The monoisotopic (exact) mass is 231 g/mol. The van der Waals surface area contributed by atoms with E-state index in [-0.39, 0.29) is 25.1 Å². The lowest BCUT2D eigenvalue weighted by atomic mass is 10.0. The summed E-state index contributed by atoms with van der Waals surface area (Å²) in [6, 6.07) is 9.65. The van der Waals surface area contributed by atoms with Crippen LogP contribution in [0.2, 0.25) is 0 Å². The predicted octanol–water partition coefficient (Wildman–Crippen LogP) is -3.33. The van der Waals surface area contributed by atoms with E-state index < -0.39 is 6.10 Å². The number of benzene rings is 1. The van der Waals surface area contributed by atoms with Gasteiger partial charge in [0.1, 0.15) is 12.1 Å². The number of aliphatic hydroxyl groups excluding tert-OH is 2. The van der Waals surface area contributed by atoms with Crippen molar-refractivity contribution in [2.24, 2.45) is 0 Å². The molecule has 0 heterocycles. The van der Waals surface area contributed by atoms with E-state index in [2.05, 4.69) is 0 Å². The number of rotatable bonds is 5. The lowest BCUT2D eigenvalue weighted by molar-refractivity contribution is -0.695. The number of nitrogens with two attached hydrogens (primary N) is 1. The average Bonchev–Trinajstić information content (AvgIpc) is 2.26. The Hall–Kier alpha value is -0.610. The van der Waals surface area contributed by atoms with E-state index >= 15 is 0 Å². The first kappa shape index (κ1) is 14.4. The molecular formula is C11H18ClNO2. The van der Waals surface area contributed by atoms with E-state index in [4.69, 9.17) is 5.11 Å². The van der Waals surface area contributed by atoms with Gasteiger partial charge in [-0.05, 0) is 12.5 Å². The van der Waals surface area contributed by atoms with Gasteiger partial charge in [-0.1, -0.05) is 30.3 Å². The van der Waals surface area contributed by atoms with Crippen LogP contribution < -0.4 is 17.7 Å². The van der Waals surface area contributed by atoms with Gasteiger partial charge < -0.3 is 27.9 Å². The molecule has 0 saturated carbocycles. The third-order valence-corrected chi connectivity index (χ3v) is 2.31. The Bertz CT molecular complexity index is 256. The molecule has 15 heavy (non-hydrogen) atoms. The molecule has 2 unspecified atom stereocenters. The minimum absolute atomic E-state index is 0.